The largest absolute Gasteiger partial charge is 0.477 e. The summed E-state index contributed by atoms with van der Waals surface area (Å²) in [5, 5.41) is 8.97. The van der Waals surface area contributed by atoms with Gasteiger partial charge >= 0.3 is 5.97 Å². The molecule has 2 aliphatic rings. The maximum absolute atomic E-state index is 15.1. The fraction of sp³-hybridized carbons (Fsp3) is 0.400. The van der Waals surface area contributed by atoms with E-state index in [1.807, 2.05) is 0 Å². The van der Waals surface area contributed by atoms with Crippen molar-refractivity contribution >= 4 is 16.9 Å². The summed E-state index contributed by atoms with van der Waals surface area (Å²) in [5.74, 6) is 2.12. The highest BCUT2D eigenvalue weighted by Gasteiger charge is 2.29. The summed E-state index contributed by atoms with van der Waals surface area (Å²) in [6.07, 6.45) is 4.86. The molecule has 5 nitrogen and oxygen atoms in total. The first-order chi connectivity index (χ1) is 13.0. The first-order valence-corrected chi connectivity index (χ1v) is 8.98. The van der Waals surface area contributed by atoms with Crippen molar-refractivity contribution in [1.29, 1.82) is 0 Å². The predicted octanol–water partition coefficient (Wildman–Crippen LogP) is 2.76. The Bertz CT molecular complexity index is 1060. The number of benzene rings is 1. The zero-order valence-electron chi connectivity index (χ0n) is 14.6. The van der Waals surface area contributed by atoms with E-state index < -0.39 is 28.6 Å². The van der Waals surface area contributed by atoms with Gasteiger partial charge in [0.25, 0.3) is 0 Å². The number of aromatic nitrogens is 1. The van der Waals surface area contributed by atoms with Gasteiger partial charge in [0.1, 0.15) is 11.4 Å². The van der Waals surface area contributed by atoms with E-state index in [-0.39, 0.29) is 22.5 Å². The van der Waals surface area contributed by atoms with Crippen LogP contribution in [0.15, 0.2) is 17.1 Å². The van der Waals surface area contributed by atoms with Crippen LogP contribution >= 0.6 is 0 Å². The van der Waals surface area contributed by atoms with Gasteiger partial charge in [-0.25, -0.2) is 13.6 Å². The topological polar surface area (TPSA) is 62.5 Å². The van der Waals surface area contributed by atoms with Crippen LogP contribution in [0, 0.1) is 23.5 Å². The van der Waals surface area contributed by atoms with Gasteiger partial charge in [0.05, 0.1) is 23.0 Å². The molecule has 1 aromatic heterocycles. The number of fused-ring (bicyclic) bond motifs is 1. The molecule has 0 spiro atoms. The summed E-state index contributed by atoms with van der Waals surface area (Å²) in [5.41, 5.74) is -1.82. The highest BCUT2D eigenvalue weighted by Crippen LogP contribution is 2.38. The number of nitrogens with zero attached hydrogens (tertiary/aromatic N) is 2. The molecular weight excluding hydrogens is 354 g/mol. The molecule has 1 saturated heterocycles. The smallest absolute Gasteiger partial charge is 0.341 e. The average Bonchev–Trinajstić information content (AvgIpc) is 3.34. The Morgan fingerprint density at radius 3 is 2.59 bits per heavy atom. The van der Waals surface area contributed by atoms with Gasteiger partial charge in [0.15, 0.2) is 5.82 Å². The molecule has 0 radical (unpaired) electrons. The Morgan fingerprint density at radius 1 is 1.26 bits per heavy atom. The number of hydrogen-bond donors (Lipinski definition) is 1. The predicted molar refractivity (Wildman–Crippen MR) is 95.9 cm³/mol. The third kappa shape index (κ3) is 3.21. The van der Waals surface area contributed by atoms with Gasteiger partial charge in [-0.05, 0) is 44.8 Å². The van der Waals surface area contributed by atoms with Crippen LogP contribution < -0.4 is 5.43 Å². The van der Waals surface area contributed by atoms with Gasteiger partial charge in [0.2, 0.25) is 5.43 Å². The van der Waals surface area contributed by atoms with Crippen LogP contribution in [0.2, 0.25) is 0 Å². The Hall–Kier alpha value is -2.72. The second-order valence-corrected chi connectivity index (χ2v) is 7.04. The van der Waals surface area contributed by atoms with Crippen molar-refractivity contribution in [2.45, 2.75) is 31.7 Å². The van der Waals surface area contributed by atoms with Crippen LogP contribution in [0.5, 0.6) is 0 Å². The van der Waals surface area contributed by atoms with E-state index in [0.29, 0.717) is 6.54 Å². The van der Waals surface area contributed by atoms with Crippen LogP contribution in [0.25, 0.3) is 10.9 Å². The van der Waals surface area contributed by atoms with Gasteiger partial charge in [-0.3, -0.25) is 9.69 Å². The number of carbonyl (C=O) groups is 1. The molecule has 0 amide bonds. The molecule has 2 fully saturated rings. The van der Waals surface area contributed by atoms with Crippen molar-refractivity contribution in [3.63, 3.8) is 0 Å². The molecule has 2 heterocycles. The molecule has 2 aromatic rings. The molecule has 1 N–H and O–H groups in total. The van der Waals surface area contributed by atoms with Crippen LogP contribution in [0.3, 0.4) is 0 Å². The molecule has 7 heteroatoms. The van der Waals surface area contributed by atoms with Crippen LogP contribution in [-0.4, -0.2) is 40.2 Å². The fourth-order valence-electron chi connectivity index (χ4n) is 3.53. The Morgan fingerprint density at radius 2 is 1.96 bits per heavy atom. The molecule has 4 rings (SSSR count). The molecule has 0 bridgehead atoms. The summed E-state index contributed by atoms with van der Waals surface area (Å²) in [4.78, 5) is 25.8. The fourth-order valence-corrected chi connectivity index (χ4v) is 3.53. The van der Waals surface area contributed by atoms with Crippen LogP contribution in [0.4, 0.5) is 8.78 Å². The second kappa shape index (κ2) is 6.78. The third-order valence-corrected chi connectivity index (χ3v) is 5.09. The van der Waals surface area contributed by atoms with E-state index >= 15 is 4.39 Å². The maximum atomic E-state index is 15.1. The third-order valence-electron chi connectivity index (χ3n) is 5.09. The first kappa shape index (κ1) is 17.7. The molecule has 1 saturated carbocycles. The highest BCUT2D eigenvalue weighted by atomic mass is 19.1. The van der Waals surface area contributed by atoms with E-state index in [0.717, 1.165) is 51.0 Å². The Balaban J connectivity index is 1.86. The summed E-state index contributed by atoms with van der Waals surface area (Å²) in [6, 6.07) is 0.822. The highest BCUT2D eigenvalue weighted by molar-refractivity contribution is 5.93. The van der Waals surface area contributed by atoms with E-state index in [4.69, 9.17) is 0 Å². The standard InChI is InChI=1S/C20H18F2N2O3/c21-16-10-14-18(17(22)13(16)4-3-9-23-7-1-2-8-23)24(12-5-6-12)11-15(19(14)25)20(26)27/h10-12H,1-2,5-9H2,(H,26,27). The molecule has 1 aliphatic heterocycles. The van der Waals surface area contributed by atoms with Crippen molar-refractivity contribution in [2.75, 3.05) is 19.6 Å². The molecular formula is C20H18F2N2O3. The van der Waals surface area contributed by atoms with Gasteiger partial charge in [-0.1, -0.05) is 11.8 Å². The van der Waals surface area contributed by atoms with Crippen LogP contribution in [-0.2, 0) is 0 Å². The minimum atomic E-state index is -1.41. The van der Waals surface area contributed by atoms with Crippen molar-refractivity contribution < 1.29 is 18.7 Å². The normalized spacial score (nSPS) is 17.1. The second-order valence-electron chi connectivity index (χ2n) is 7.04. The number of halogens is 2. The van der Waals surface area contributed by atoms with Crippen molar-refractivity contribution in [3.8, 4) is 11.8 Å². The molecule has 1 aliphatic carbocycles. The minimum absolute atomic E-state index is 0.0700. The molecule has 1 aromatic carbocycles. The lowest BCUT2D eigenvalue weighted by atomic mass is 10.1. The van der Waals surface area contributed by atoms with E-state index in [1.165, 1.54) is 4.57 Å². The average molecular weight is 372 g/mol. The van der Waals surface area contributed by atoms with Gasteiger partial charge in [-0.2, -0.15) is 0 Å². The van der Waals surface area contributed by atoms with Crippen molar-refractivity contribution in [2.24, 2.45) is 0 Å². The number of hydrogen-bond acceptors (Lipinski definition) is 3. The SMILES string of the molecule is O=C(O)c1cn(C2CC2)c2c(F)c(C#CCN3CCCC3)c(F)cc2c1=O. The lowest BCUT2D eigenvalue weighted by Gasteiger charge is -2.13. The number of pyridine rings is 1. The Kier molecular flexibility index (Phi) is 4.44. The van der Waals surface area contributed by atoms with E-state index in [1.54, 1.807) is 0 Å². The zero-order valence-corrected chi connectivity index (χ0v) is 14.6. The monoisotopic (exact) mass is 372 g/mol. The number of carboxylic acid groups (broad SMARTS) is 1. The molecule has 27 heavy (non-hydrogen) atoms. The molecule has 140 valence electrons. The van der Waals surface area contributed by atoms with Gasteiger partial charge < -0.3 is 9.67 Å². The number of carboxylic acids is 1. The first-order valence-electron chi connectivity index (χ1n) is 8.98. The van der Waals surface area contributed by atoms with E-state index in [2.05, 4.69) is 16.7 Å². The summed E-state index contributed by atoms with van der Waals surface area (Å²) in [7, 11) is 0. The number of rotatable bonds is 3. The lowest BCUT2D eigenvalue weighted by Crippen LogP contribution is -2.20. The maximum Gasteiger partial charge on any atom is 0.341 e. The molecule has 0 unspecified atom stereocenters. The zero-order chi connectivity index (χ0) is 19.1. The Labute approximate surface area is 154 Å². The summed E-state index contributed by atoms with van der Waals surface area (Å²) >= 11 is 0. The van der Waals surface area contributed by atoms with Gasteiger partial charge in [-0.15, -0.1) is 0 Å². The van der Waals surface area contributed by atoms with Crippen LogP contribution in [0.1, 0.15) is 47.6 Å². The minimum Gasteiger partial charge on any atom is -0.477 e. The van der Waals surface area contributed by atoms with Crippen molar-refractivity contribution in [1.82, 2.24) is 9.47 Å². The summed E-state index contributed by atoms with van der Waals surface area (Å²) in [6.45, 7) is 2.29. The lowest BCUT2D eigenvalue weighted by molar-refractivity contribution is 0.0695. The number of aromatic carboxylic acids is 1. The quantitative estimate of drug-likeness (QED) is 0.842. The van der Waals surface area contributed by atoms with Gasteiger partial charge in [0, 0.05) is 12.2 Å². The molecule has 0 atom stereocenters. The summed E-state index contributed by atoms with van der Waals surface area (Å²) < 4.78 is 31.1. The number of likely N-dealkylation sites (tertiary alicyclic amines) is 1. The van der Waals surface area contributed by atoms with Crippen molar-refractivity contribution in [3.05, 3.63) is 45.2 Å². The van der Waals surface area contributed by atoms with E-state index in [9.17, 15) is 19.1 Å².